The highest BCUT2D eigenvalue weighted by Gasteiger charge is 2.30. The molecule has 4 nitrogen and oxygen atoms in total. The molecule has 3 aromatic carbocycles. The van der Waals surface area contributed by atoms with Gasteiger partial charge in [-0.05, 0) is 41.1 Å². The summed E-state index contributed by atoms with van der Waals surface area (Å²) in [6.07, 6.45) is 0. The molecule has 0 fully saturated rings. The summed E-state index contributed by atoms with van der Waals surface area (Å²) in [7, 11) is 0. The monoisotopic (exact) mass is 523 g/mol. The average molecular weight is 523 g/mol. The van der Waals surface area contributed by atoms with Crippen LogP contribution in [-0.2, 0) is 11.3 Å². The van der Waals surface area contributed by atoms with Crippen molar-refractivity contribution in [2.75, 3.05) is 6.61 Å². The standard InChI is InChI=1S/C26H22INO3/c1-2-31-26(30)22-24(20-15-9-10-16-21(20)27)28(17-18-11-5-3-6-12-18)23(25(22)29)19-13-7-4-8-14-19/h3-16,29H,2,17H2,1H3. The van der Waals surface area contributed by atoms with Crippen LogP contribution in [0.5, 0.6) is 5.75 Å². The van der Waals surface area contributed by atoms with E-state index in [0.717, 1.165) is 20.3 Å². The number of halogens is 1. The zero-order valence-corrected chi connectivity index (χ0v) is 19.2. The molecule has 156 valence electrons. The summed E-state index contributed by atoms with van der Waals surface area (Å²) in [6.45, 7) is 2.49. The molecule has 0 spiro atoms. The Morgan fingerprint density at radius 2 is 1.52 bits per heavy atom. The number of esters is 1. The predicted molar refractivity (Wildman–Crippen MR) is 131 cm³/mol. The van der Waals surface area contributed by atoms with Gasteiger partial charge in [-0.2, -0.15) is 0 Å². The fourth-order valence-electron chi connectivity index (χ4n) is 3.75. The summed E-state index contributed by atoms with van der Waals surface area (Å²) in [5.41, 5.74) is 4.22. The van der Waals surface area contributed by atoms with Gasteiger partial charge in [0.2, 0.25) is 0 Å². The smallest absolute Gasteiger partial charge is 0.344 e. The van der Waals surface area contributed by atoms with Crippen molar-refractivity contribution in [1.29, 1.82) is 0 Å². The maximum Gasteiger partial charge on any atom is 0.344 e. The third-order valence-corrected chi connectivity index (χ3v) is 6.02. The molecule has 0 amide bonds. The van der Waals surface area contributed by atoms with Crippen LogP contribution < -0.4 is 0 Å². The highest BCUT2D eigenvalue weighted by Crippen LogP contribution is 2.44. The summed E-state index contributed by atoms with van der Waals surface area (Å²) in [5, 5.41) is 11.3. The van der Waals surface area contributed by atoms with Gasteiger partial charge in [-0.25, -0.2) is 4.79 Å². The molecule has 5 heteroatoms. The number of ether oxygens (including phenoxy) is 1. The second kappa shape index (κ2) is 9.39. The summed E-state index contributed by atoms with van der Waals surface area (Å²) in [4.78, 5) is 13.0. The van der Waals surface area contributed by atoms with Crippen LogP contribution in [0, 0.1) is 3.57 Å². The molecule has 0 saturated carbocycles. The summed E-state index contributed by atoms with van der Waals surface area (Å²) in [5.74, 6) is -0.589. The Balaban J connectivity index is 2.06. The summed E-state index contributed by atoms with van der Waals surface area (Å²) >= 11 is 2.26. The lowest BCUT2D eigenvalue weighted by molar-refractivity contribution is 0.0524. The maximum atomic E-state index is 13.0. The van der Waals surface area contributed by atoms with Gasteiger partial charge in [-0.1, -0.05) is 78.9 Å². The van der Waals surface area contributed by atoms with E-state index in [9.17, 15) is 9.90 Å². The van der Waals surface area contributed by atoms with Gasteiger partial charge in [0.25, 0.3) is 0 Å². The lowest BCUT2D eigenvalue weighted by Crippen LogP contribution is -2.09. The van der Waals surface area contributed by atoms with Crippen molar-refractivity contribution in [3.05, 3.63) is 99.6 Å². The van der Waals surface area contributed by atoms with Crippen LogP contribution in [0.15, 0.2) is 84.9 Å². The van der Waals surface area contributed by atoms with Gasteiger partial charge in [-0.3, -0.25) is 0 Å². The number of nitrogens with zero attached hydrogens (tertiary/aromatic N) is 1. The number of aromatic hydroxyl groups is 1. The van der Waals surface area contributed by atoms with Gasteiger partial charge in [0.05, 0.1) is 18.0 Å². The molecule has 0 aliphatic heterocycles. The van der Waals surface area contributed by atoms with E-state index in [0.29, 0.717) is 17.9 Å². The van der Waals surface area contributed by atoms with Gasteiger partial charge < -0.3 is 14.4 Å². The average Bonchev–Trinajstić information content (AvgIpc) is 3.07. The molecule has 1 heterocycles. The van der Waals surface area contributed by atoms with Gasteiger partial charge in [0.1, 0.15) is 5.56 Å². The van der Waals surface area contributed by atoms with E-state index in [1.165, 1.54) is 0 Å². The topological polar surface area (TPSA) is 51.5 Å². The lowest BCUT2D eigenvalue weighted by Gasteiger charge is -2.15. The normalized spacial score (nSPS) is 10.8. The molecule has 4 rings (SSSR count). The lowest BCUT2D eigenvalue weighted by atomic mass is 10.1. The first-order valence-corrected chi connectivity index (χ1v) is 11.2. The van der Waals surface area contributed by atoms with Crippen LogP contribution in [0.2, 0.25) is 0 Å². The van der Waals surface area contributed by atoms with E-state index in [1.54, 1.807) is 6.92 Å². The Hall–Kier alpha value is -3.06. The molecule has 0 bridgehead atoms. The van der Waals surface area contributed by atoms with E-state index in [1.807, 2.05) is 89.5 Å². The molecule has 31 heavy (non-hydrogen) atoms. The number of hydrogen-bond donors (Lipinski definition) is 1. The molecule has 4 aromatic rings. The highest BCUT2D eigenvalue weighted by atomic mass is 127. The van der Waals surface area contributed by atoms with E-state index in [-0.39, 0.29) is 17.9 Å². The largest absolute Gasteiger partial charge is 0.505 e. The Labute approximate surface area is 195 Å². The first kappa shape index (κ1) is 21.2. The number of benzene rings is 3. The number of rotatable bonds is 6. The van der Waals surface area contributed by atoms with Crippen LogP contribution in [0.1, 0.15) is 22.8 Å². The van der Waals surface area contributed by atoms with Crippen LogP contribution in [0.4, 0.5) is 0 Å². The highest BCUT2D eigenvalue weighted by molar-refractivity contribution is 14.1. The Kier molecular flexibility index (Phi) is 6.42. The van der Waals surface area contributed by atoms with E-state index in [4.69, 9.17) is 4.74 Å². The molecule has 1 N–H and O–H groups in total. The predicted octanol–water partition coefficient (Wildman–Crippen LogP) is 6.36. The molecule has 1 aromatic heterocycles. The number of carbonyl (C=O) groups excluding carboxylic acids is 1. The van der Waals surface area contributed by atoms with Crippen LogP contribution in [0.25, 0.3) is 22.5 Å². The van der Waals surface area contributed by atoms with Crippen LogP contribution in [-0.4, -0.2) is 22.2 Å². The second-order valence-corrected chi connectivity index (χ2v) is 8.22. The number of carbonyl (C=O) groups is 1. The number of hydrogen-bond acceptors (Lipinski definition) is 3. The van der Waals surface area contributed by atoms with Crippen molar-refractivity contribution in [2.24, 2.45) is 0 Å². The summed E-state index contributed by atoms with van der Waals surface area (Å²) in [6, 6.07) is 27.5. The molecule has 0 aliphatic rings. The second-order valence-electron chi connectivity index (χ2n) is 7.06. The van der Waals surface area contributed by atoms with Crippen molar-refractivity contribution >= 4 is 28.6 Å². The van der Waals surface area contributed by atoms with Crippen LogP contribution >= 0.6 is 22.6 Å². The van der Waals surface area contributed by atoms with E-state index < -0.39 is 5.97 Å². The molecule has 0 unspecified atom stereocenters. The zero-order valence-electron chi connectivity index (χ0n) is 17.1. The Morgan fingerprint density at radius 1 is 0.903 bits per heavy atom. The SMILES string of the molecule is CCOC(=O)c1c(O)c(-c2ccccc2)n(Cc2ccccc2)c1-c1ccccc1I. The molecule has 0 saturated heterocycles. The van der Waals surface area contributed by atoms with Crippen molar-refractivity contribution < 1.29 is 14.6 Å². The minimum atomic E-state index is -0.529. The first-order valence-electron chi connectivity index (χ1n) is 10.1. The van der Waals surface area contributed by atoms with Crippen molar-refractivity contribution in [1.82, 2.24) is 4.57 Å². The van der Waals surface area contributed by atoms with Gasteiger partial charge in [-0.15, -0.1) is 0 Å². The van der Waals surface area contributed by atoms with Gasteiger partial charge in [0.15, 0.2) is 5.75 Å². The van der Waals surface area contributed by atoms with E-state index >= 15 is 0 Å². The molecular formula is C26H22INO3. The Morgan fingerprint density at radius 3 is 2.16 bits per heavy atom. The quantitative estimate of drug-likeness (QED) is 0.237. The molecule has 0 radical (unpaired) electrons. The zero-order chi connectivity index (χ0) is 21.8. The van der Waals surface area contributed by atoms with E-state index in [2.05, 4.69) is 22.6 Å². The third kappa shape index (κ3) is 4.23. The maximum absolute atomic E-state index is 13.0. The fraction of sp³-hybridized carbons (Fsp3) is 0.115. The number of aromatic nitrogens is 1. The van der Waals surface area contributed by atoms with Gasteiger partial charge in [0, 0.05) is 21.2 Å². The van der Waals surface area contributed by atoms with Crippen molar-refractivity contribution in [3.8, 4) is 28.3 Å². The minimum Gasteiger partial charge on any atom is -0.505 e. The van der Waals surface area contributed by atoms with Crippen LogP contribution in [0.3, 0.4) is 0 Å². The van der Waals surface area contributed by atoms with Crippen molar-refractivity contribution in [3.63, 3.8) is 0 Å². The third-order valence-electron chi connectivity index (χ3n) is 5.08. The summed E-state index contributed by atoms with van der Waals surface area (Å²) < 4.78 is 8.35. The Bertz CT molecular complexity index is 1200. The van der Waals surface area contributed by atoms with Crippen molar-refractivity contribution in [2.45, 2.75) is 13.5 Å². The fourth-order valence-corrected chi connectivity index (χ4v) is 4.39. The molecular weight excluding hydrogens is 501 g/mol. The minimum absolute atomic E-state index is 0.0600. The van der Waals surface area contributed by atoms with Gasteiger partial charge >= 0.3 is 5.97 Å². The molecule has 0 aliphatic carbocycles. The molecule has 0 atom stereocenters. The first-order chi connectivity index (χ1) is 15.1.